The van der Waals surface area contributed by atoms with Crippen LogP contribution < -0.4 is 0 Å². The lowest BCUT2D eigenvalue weighted by atomic mass is 10.0. The van der Waals surface area contributed by atoms with Crippen molar-refractivity contribution < 1.29 is 9.18 Å². The van der Waals surface area contributed by atoms with Gasteiger partial charge in [-0.15, -0.1) is 0 Å². The zero-order valence-corrected chi connectivity index (χ0v) is 15.8. The summed E-state index contributed by atoms with van der Waals surface area (Å²) in [7, 11) is 3.57. The van der Waals surface area contributed by atoms with E-state index in [0.717, 1.165) is 28.1 Å². The van der Waals surface area contributed by atoms with Gasteiger partial charge in [-0.3, -0.25) is 9.48 Å². The molecule has 0 aliphatic heterocycles. The zero-order valence-electron chi connectivity index (χ0n) is 15.8. The smallest absolute Gasteiger partial charge is 0.219 e. The molecule has 4 rings (SSSR count). The molecule has 0 bridgehead atoms. The van der Waals surface area contributed by atoms with Gasteiger partial charge in [0.1, 0.15) is 11.5 Å². The summed E-state index contributed by atoms with van der Waals surface area (Å²) in [6.07, 6.45) is 5.42. The second kappa shape index (κ2) is 6.88. The molecule has 7 nitrogen and oxygen atoms in total. The van der Waals surface area contributed by atoms with Crippen molar-refractivity contribution in [1.82, 2.24) is 29.3 Å². The van der Waals surface area contributed by atoms with E-state index in [1.807, 2.05) is 25.5 Å². The Kier molecular flexibility index (Phi) is 4.38. The van der Waals surface area contributed by atoms with Gasteiger partial charge in [0.25, 0.3) is 0 Å². The highest BCUT2D eigenvalue weighted by molar-refractivity contribution is 5.87. The molecule has 0 N–H and O–H groups in total. The SMILES string of the molecule is CC(=O)N(C)Cc1cn2nccc(-c3cn(C)nc3-c3ccc(F)cc3)c2n1. The Balaban J connectivity index is 1.83. The molecule has 142 valence electrons. The normalized spacial score (nSPS) is 11.1. The Morgan fingerprint density at radius 1 is 1.14 bits per heavy atom. The lowest BCUT2D eigenvalue weighted by Gasteiger charge is -2.11. The molecule has 0 unspecified atom stereocenters. The first-order chi connectivity index (χ1) is 13.4. The van der Waals surface area contributed by atoms with Gasteiger partial charge in [-0.1, -0.05) is 0 Å². The van der Waals surface area contributed by atoms with E-state index in [1.165, 1.54) is 19.1 Å². The maximum Gasteiger partial charge on any atom is 0.219 e. The summed E-state index contributed by atoms with van der Waals surface area (Å²) < 4.78 is 16.7. The van der Waals surface area contributed by atoms with Gasteiger partial charge in [0, 0.05) is 50.1 Å². The first kappa shape index (κ1) is 17.8. The van der Waals surface area contributed by atoms with E-state index in [9.17, 15) is 9.18 Å². The van der Waals surface area contributed by atoms with E-state index >= 15 is 0 Å². The third-order valence-electron chi connectivity index (χ3n) is 4.58. The van der Waals surface area contributed by atoms with Crippen LogP contribution in [0.3, 0.4) is 0 Å². The number of halogens is 1. The highest BCUT2D eigenvalue weighted by Crippen LogP contribution is 2.33. The van der Waals surface area contributed by atoms with Crippen LogP contribution in [0, 0.1) is 5.82 Å². The maximum absolute atomic E-state index is 13.3. The van der Waals surface area contributed by atoms with Crippen molar-refractivity contribution in [3.8, 4) is 22.4 Å². The summed E-state index contributed by atoms with van der Waals surface area (Å²) in [5.41, 5.74) is 4.70. The van der Waals surface area contributed by atoms with E-state index in [0.29, 0.717) is 12.2 Å². The maximum atomic E-state index is 13.3. The molecular weight excluding hydrogens is 359 g/mol. The number of aromatic nitrogens is 5. The number of carbonyl (C=O) groups excluding carboxylic acids is 1. The Labute approximate surface area is 161 Å². The minimum absolute atomic E-state index is 0.0314. The molecule has 0 aliphatic rings. The minimum Gasteiger partial charge on any atom is -0.340 e. The van der Waals surface area contributed by atoms with Crippen molar-refractivity contribution in [1.29, 1.82) is 0 Å². The molecule has 0 atom stereocenters. The van der Waals surface area contributed by atoms with Gasteiger partial charge in [0.15, 0.2) is 5.65 Å². The quantitative estimate of drug-likeness (QED) is 0.548. The molecule has 3 aromatic heterocycles. The van der Waals surface area contributed by atoms with Gasteiger partial charge in [-0.05, 0) is 30.3 Å². The Morgan fingerprint density at radius 3 is 2.61 bits per heavy atom. The van der Waals surface area contributed by atoms with E-state index in [4.69, 9.17) is 0 Å². The summed E-state index contributed by atoms with van der Waals surface area (Å²) in [6.45, 7) is 1.92. The second-order valence-corrected chi connectivity index (χ2v) is 6.69. The fourth-order valence-electron chi connectivity index (χ4n) is 3.09. The van der Waals surface area contributed by atoms with E-state index in [1.54, 1.807) is 39.5 Å². The molecule has 3 heterocycles. The number of aryl methyl sites for hydroxylation is 1. The molecule has 0 radical (unpaired) electrons. The number of hydrogen-bond acceptors (Lipinski definition) is 4. The molecule has 28 heavy (non-hydrogen) atoms. The molecule has 0 saturated heterocycles. The van der Waals surface area contributed by atoms with Gasteiger partial charge < -0.3 is 4.90 Å². The molecule has 0 fully saturated rings. The predicted octanol–water partition coefficient (Wildman–Crippen LogP) is 2.91. The van der Waals surface area contributed by atoms with Gasteiger partial charge in [-0.25, -0.2) is 13.9 Å². The van der Waals surface area contributed by atoms with Crippen molar-refractivity contribution in [2.24, 2.45) is 7.05 Å². The molecule has 1 aromatic carbocycles. The van der Waals surface area contributed by atoms with Crippen molar-refractivity contribution >= 4 is 11.6 Å². The monoisotopic (exact) mass is 378 g/mol. The van der Waals surface area contributed by atoms with Crippen LogP contribution in [-0.2, 0) is 18.4 Å². The van der Waals surface area contributed by atoms with Crippen LogP contribution in [0.25, 0.3) is 28.0 Å². The highest BCUT2D eigenvalue weighted by Gasteiger charge is 2.17. The van der Waals surface area contributed by atoms with Gasteiger partial charge >= 0.3 is 0 Å². The molecule has 0 spiro atoms. The Bertz CT molecular complexity index is 1160. The van der Waals surface area contributed by atoms with E-state index in [2.05, 4.69) is 15.2 Å². The summed E-state index contributed by atoms with van der Waals surface area (Å²) in [5.74, 6) is -0.323. The van der Waals surface area contributed by atoms with Gasteiger partial charge in [0.2, 0.25) is 5.91 Å². The number of rotatable bonds is 4. The average Bonchev–Trinajstić information content (AvgIpc) is 3.24. The summed E-state index contributed by atoms with van der Waals surface area (Å²) >= 11 is 0. The zero-order chi connectivity index (χ0) is 19.8. The largest absolute Gasteiger partial charge is 0.340 e. The van der Waals surface area contributed by atoms with E-state index < -0.39 is 0 Å². The van der Waals surface area contributed by atoms with Crippen molar-refractivity contribution in [2.45, 2.75) is 13.5 Å². The summed E-state index contributed by atoms with van der Waals surface area (Å²) in [4.78, 5) is 17.8. The number of amides is 1. The Morgan fingerprint density at radius 2 is 1.89 bits per heavy atom. The molecule has 1 amide bonds. The van der Waals surface area contributed by atoms with Crippen LogP contribution in [0.2, 0.25) is 0 Å². The second-order valence-electron chi connectivity index (χ2n) is 6.69. The fraction of sp³-hybridized carbons (Fsp3) is 0.200. The summed E-state index contributed by atoms with van der Waals surface area (Å²) in [5, 5.41) is 8.89. The van der Waals surface area contributed by atoms with Gasteiger partial charge in [0.05, 0.1) is 18.4 Å². The molecular formula is C20H19FN6O. The van der Waals surface area contributed by atoms with E-state index in [-0.39, 0.29) is 11.7 Å². The predicted molar refractivity (Wildman–Crippen MR) is 103 cm³/mol. The number of nitrogens with zero attached hydrogens (tertiary/aromatic N) is 6. The molecule has 0 saturated carbocycles. The van der Waals surface area contributed by atoms with Crippen LogP contribution in [0.15, 0.2) is 48.9 Å². The number of benzene rings is 1. The number of imidazole rings is 1. The topological polar surface area (TPSA) is 68.3 Å². The van der Waals surface area contributed by atoms with Crippen LogP contribution in [0.1, 0.15) is 12.6 Å². The van der Waals surface area contributed by atoms with Crippen molar-refractivity contribution in [2.75, 3.05) is 7.05 Å². The Hall–Kier alpha value is -3.55. The van der Waals surface area contributed by atoms with Crippen LogP contribution >= 0.6 is 0 Å². The highest BCUT2D eigenvalue weighted by atomic mass is 19.1. The lowest BCUT2D eigenvalue weighted by Crippen LogP contribution is -2.23. The molecule has 8 heteroatoms. The van der Waals surface area contributed by atoms with Crippen LogP contribution in [0.4, 0.5) is 4.39 Å². The first-order valence-corrected chi connectivity index (χ1v) is 8.77. The van der Waals surface area contributed by atoms with Crippen LogP contribution in [0.5, 0.6) is 0 Å². The van der Waals surface area contributed by atoms with Crippen molar-refractivity contribution in [3.05, 3.63) is 60.4 Å². The van der Waals surface area contributed by atoms with Crippen LogP contribution in [-0.4, -0.2) is 42.2 Å². The summed E-state index contributed by atoms with van der Waals surface area (Å²) in [6, 6.07) is 8.13. The molecule has 4 aromatic rings. The third kappa shape index (κ3) is 3.24. The standard InChI is InChI=1S/C20H19FN6O/c1-13(28)25(2)10-16-11-27-20(23-16)17(8-9-22-27)18-12-26(3)24-19(18)14-4-6-15(21)7-5-14/h4-9,11-12H,10H2,1-3H3. The fourth-order valence-corrected chi connectivity index (χ4v) is 3.09. The third-order valence-corrected chi connectivity index (χ3v) is 4.58. The van der Waals surface area contributed by atoms with Gasteiger partial charge in [-0.2, -0.15) is 10.2 Å². The minimum atomic E-state index is -0.292. The number of carbonyl (C=O) groups is 1. The number of fused-ring (bicyclic) bond motifs is 1. The lowest BCUT2D eigenvalue weighted by molar-refractivity contribution is -0.128. The number of hydrogen-bond donors (Lipinski definition) is 0. The first-order valence-electron chi connectivity index (χ1n) is 8.77. The molecule has 0 aliphatic carbocycles. The average molecular weight is 378 g/mol. The van der Waals surface area contributed by atoms with Crippen molar-refractivity contribution in [3.63, 3.8) is 0 Å².